The van der Waals surface area contributed by atoms with Gasteiger partial charge in [0.25, 0.3) is 0 Å². The fourth-order valence-electron chi connectivity index (χ4n) is 4.04. The van der Waals surface area contributed by atoms with E-state index in [4.69, 9.17) is 9.47 Å². The summed E-state index contributed by atoms with van der Waals surface area (Å²) in [6, 6.07) is 6.15. The second-order valence-corrected chi connectivity index (χ2v) is 8.73. The minimum absolute atomic E-state index is 0.136. The van der Waals surface area contributed by atoms with Crippen LogP contribution in [0, 0.1) is 0 Å². The molecule has 4 rings (SSSR count). The highest BCUT2D eigenvalue weighted by Crippen LogP contribution is 2.30. The van der Waals surface area contributed by atoms with Gasteiger partial charge in [0, 0.05) is 43.0 Å². The first kappa shape index (κ1) is 20.0. The molecule has 7 nitrogen and oxygen atoms in total. The molecule has 0 radical (unpaired) electrons. The molecule has 0 unspecified atom stereocenters. The number of carbonyl (C=O) groups excluding carboxylic acids is 1. The molecule has 1 aliphatic heterocycles. The van der Waals surface area contributed by atoms with E-state index in [1.54, 1.807) is 25.6 Å². The molecule has 0 atom stereocenters. The van der Waals surface area contributed by atoms with Crippen LogP contribution in [0.15, 0.2) is 18.2 Å². The molecule has 0 spiro atoms. The van der Waals surface area contributed by atoms with Gasteiger partial charge >= 0.3 is 6.03 Å². The van der Waals surface area contributed by atoms with Crippen LogP contribution in [-0.4, -0.2) is 42.7 Å². The van der Waals surface area contributed by atoms with Gasteiger partial charge in [-0.25, -0.2) is 9.78 Å². The number of benzene rings is 1. The average molecular weight is 417 g/mol. The van der Waals surface area contributed by atoms with Gasteiger partial charge in [-0.3, -0.25) is 10.2 Å². The van der Waals surface area contributed by atoms with Crippen molar-refractivity contribution in [2.45, 2.75) is 51.2 Å². The molecule has 2 aromatic rings. The normalized spacial score (nSPS) is 17.0. The van der Waals surface area contributed by atoms with Crippen LogP contribution in [-0.2, 0) is 19.5 Å². The van der Waals surface area contributed by atoms with Crippen molar-refractivity contribution in [3.63, 3.8) is 0 Å². The summed E-state index contributed by atoms with van der Waals surface area (Å²) in [5.41, 5.74) is 2.26. The van der Waals surface area contributed by atoms with Crippen molar-refractivity contribution in [1.82, 2.24) is 15.2 Å². The summed E-state index contributed by atoms with van der Waals surface area (Å²) >= 11 is 1.58. The zero-order valence-corrected chi connectivity index (χ0v) is 17.8. The Bertz CT molecular complexity index is 841. The maximum Gasteiger partial charge on any atom is 0.321 e. The van der Waals surface area contributed by atoms with E-state index in [0.29, 0.717) is 11.2 Å². The molecule has 2 aliphatic rings. The summed E-state index contributed by atoms with van der Waals surface area (Å²) in [6.07, 6.45) is 5.44. The highest BCUT2D eigenvalue weighted by atomic mass is 32.1. The quantitative estimate of drug-likeness (QED) is 0.749. The summed E-state index contributed by atoms with van der Waals surface area (Å²) in [4.78, 5) is 20.5. The first-order valence-corrected chi connectivity index (χ1v) is 10.9. The van der Waals surface area contributed by atoms with Gasteiger partial charge in [0.2, 0.25) is 0 Å². The van der Waals surface area contributed by atoms with E-state index < -0.39 is 0 Å². The summed E-state index contributed by atoms with van der Waals surface area (Å²) in [5.74, 6) is 1.60. The van der Waals surface area contributed by atoms with Gasteiger partial charge in [0.1, 0.15) is 11.5 Å². The molecule has 29 heavy (non-hydrogen) atoms. The van der Waals surface area contributed by atoms with E-state index in [2.05, 4.69) is 20.5 Å². The van der Waals surface area contributed by atoms with Crippen molar-refractivity contribution in [3.8, 4) is 11.5 Å². The lowest BCUT2D eigenvalue weighted by Crippen LogP contribution is -2.36. The maximum absolute atomic E-state index is 12.2. The number of ether oxygens (including phenoxy) is 2. The van der Waals surface area contributed by atoms with Gasteiger partial charge in [-0.1, -0.05) is 12.8 Å². The minimum atomic E-state index is -0.136. The third kappa shape index (κ3) is 5.00. The van der Waals surface area contributed by atoms with Gasteiger partial charge in [-0.15, -0.1) is 11.3 Å². The zero-order chi connectivity index (χ0) is 20.2. The number of hydrogen-bond acceptors (Lipinski definition) is 6. The SMILES string of the molecule is COc1cc(CN2CCc3nc(NC(=O)NC4CCCC4)sc3C2)cc(OC)c1. The summed E-state index contributed by atoms with van der Waals surface area (Å²) in [6.45, 7) is 2.58. The van der Waals surface area contributed by atoms with E-state index in [1.807, 2.05) is 18.2 Å². The number of methoxy groups -OCH3 is 2. The van der Waals surface area contributed by atoms with Crippen molar-refractivity contribution in [2.75, 3.05) is 26.1 Å². The first-order valence-electron chi connectivity index (χ1n) is 10.1. The standard InChI is InChI=1S/C21H28N4O3S/c1-27-16-9-14(10-17(11-16)28-2)12-25-8-7-18-19(13-25)29-21(23-18)24-20(26)22-15-5-3-4-6-15/h9-11,15H,3-8,12-13H2,1-2H3,(H2,22,23,24,26). The Hall–Kier alpha value is -2.32. The lowest BCUT2D eigenvalue weighted by Gasteiger charge is -2.26. The second kappa shape index (κ2) is 9.00. The number of nitrogens with one attached hydrogen (secondary N) is 2. The number of anilines is 1. The van der Waals surface area contributed by atoms with Crippen LogP contribution in [0.3, 0.4) is 0 Å². The average Bonchev–Trinajstić information content (AvgIpc) is 3.36. The van der Waals surface area contributed by atoms with Gasteiger partial charge < -0.3 is 14.8 Å². The number of thiazole rings is 1. The maximum atomic E-state index is 12.2. The number of carbonyl (C=O) groups is 1. The van der Waals surface area contributed by atoms with Crippen molar-refractivity contribution in [3.05, 3.63) is 34.3 Å². The largest absolute Gasteiger partial charge is 0.497 e. The van der Waals surface area contributed by atoms with E-state index in [9.17, 15) is 4.79 Å². The lowest BCUT2D eigenvalue weighted by atomic mass is 10.1. The fourth-order valence-corrected chi connectivity index (χ4v) is 5.09. The topological polar surface area (TPSA) is 75.7 Å². The summed E-state index contributed by atoms with van der Waals surface area (Å²) in [7, 11) is 3.33. The van der Waals surface area contributed by atoms with E-state index in [-0.39, 0.29) is 6.03 Å². The molecule has 1 aromatic carbocycles. The molecule has 1 aromatic heterocycles. The second-order valence-electron chi connectivity index (χ2n) is 7.65. The van der Waals surface area contributed by atoms with Crippen LogP contribution in [0.25, 0.3) is 0 Å². The number of hydrogen-bond donors (Lipinski definition) is 2. The highest BCUT2D eigenvalue weighted by molar-refractivity contribution is 7.15. The Labute approximate surface area is 175 Å². The molecular formula is C21H28N4O3S. The van der Waals surface area contributed by atoms with E-state index in [1.165, 1.54) is 17.7 Å². The van der Waals surface area contributed by atoms with Crippen LogP contribution in [0.4, 0.5) is 9.93 Å². The molecule has 2 heterocycles. The predicted molar refractivity (Wildman–Crippen MR) is 114 cm³/mol. The molecule has 0 saturated heterocycles. The van der Waals surface area contributed by atoms with E-state index in [0.717, 1.165) is 61.7 Å². The molecule has 1 fully saturated rings. The van der Waals surface area contributed by atoms with E-state index >= 15 is 0 Å². The number of nitrogens with zero attached hydrogens (tertiary/aromatic N) is 2. The monoisotopic (exact) mass is 416 g/mol. The van der Waals surface area contributed by atoms with Crippen molar-refractivity contribution in [1.29, 1.82) is 0 Å². The number of amides is 2. The van der Waals surface area contributed by atoms with Crippen molar-refractivity contribution in [2.24, 2.45) is 0 Å². The van der Waals surface area contributed by atoms with Gasteiger partial charge in [-0.2, -0.15) is 0 Å². The van der Waals surface area contributed by atoms with Crippen LogP contribution in [0.1, 0.15) is 41.8 Å². The van der Waals surface area contributed by atoms with Gasteiger partial charge in [0.15, 0.2) is 5.13 Å². The number of rotatable bonds is 6. The third-order valence-electron chi connectivity index (χ3n) is 5.54. The Morgan fingerprint density at radius 1 is 1.21 bits per heavy atom. The molecule has 0 bridgehead atoms. The Balaban J connectivity index is 1.37. The Morgan fingerprint density at radius 3 is 2.62 bits per heavy atom. The lowest BCUT2D eigenvalue weighted by molar-refractivity contribution is 0.246. The Kier molecular flexibility index (Phi) is 6.20. The number of fused-ring (bicyclic) bond motifs is 1. The van der Waals surface area contributed by atoms with Crippen LogP contribution >= 0.6 is 11.3 Å². The summed E-state index contributed by atoms with van der Waals surface area (Å²) < 4.78 is 10.8. The minimum Gasteiger partial charge on any atom is -0.497 e. The predicted octanol–water partition coefficient (Wildman–Crippen LogP) is 3.78. The molecule has 2 amide bonds. The van der Waals surface area contributed by atoms with Crippen LogP contribution in [0.5, 0.6) is 11.5 Å². The third-order valence-corrected chi connectivity index (χ3v) is 6.54. The van der Waals surface area contributed by atoms with Gasteiger partial charge in [-0.05, 0) is 30.5 Å². The molecule has 8 heteroatoms. The van der Waals surface area contributed by atoms with Crippen molar-refractivity contribution < 1.29 is 14.3 Å². The van der Waals surface area contributed by atoms with Crippen molar-refractivity contribution >= 4 is 22.5 Å². The highest BCUT2D eigenvalue weighted by Gasteiger charge is 2.23. The smallest absolute Gasteiger partial charge is 0.321 e. The molecule has 1 saturated carbocycles. The first-order chi connectivity index (χ1) is 14.1. The molecule has 2 N–H and O–H groups in total. The number of aromatic nitrogens is 1. The summed E-state index contributed by atoms with van der Waals surface area (Å²) in [5, 5.41) is 6.67. The van der Waals surface area contributed by atoms with Gasteiger partial charge in [0.05, 0.1) is 19.9 Å². The zero-order valence-electron chi connectivity index (χ0n) is 17.0. The molecule has 156 valence electrons. The Morgan fingerprint density at radius 2 is 1.93 bits per heavy atom. The molecular weight excluding hydrogens is 388 g/mol. The molecule has 1 aliphatic carbocycles. The fraction of sp³-hybridized carbons (Fsp3) is 0.524. The van der Waals surface area contributed by atoms with Crippen LogP contribution < -0.4 is 20.1 Å². The van der Waals surface area contributed by atoms with Crippen LogP contribution in [0.2, 0.25) is 0 Å². The number of urea groups is 1.